The van der Waals surface area contributed by atoms with E-state index in [2.05, 4.69) is 4.90 Å². The van der Waals surface area contributed by atoms with Crippen molar-refractivity contribution in [1.29, 1.82) is 0 Å². The molecule has 0 radical (unpaired) electrons. The fraction of sp³-hybridized carbons (Fsp3) is 0.500. The van der Waals surface area contributed by atoms with Crippen LogP contribution in [0.15, 0.2) is 18.2 Å². The summed E-state index contributed by atoms with van der Waals surface area (Å²) in [4.78, 5) is 2.19. The summed E-state index contributed by atoms with van der Waals surface area (Å²) >= 11 is 11.9. The average molecular weight is 275 g/mol. The average Bonchev–Trinajstić information content (AvgIpc) is 2.34. The van der Waals surface area contributed by atoms with Gasteiger partial charge in [-0.3, -0.25) is 0 Å². The Kier molecular flexibility index (Phi) is 3.83. The summed E-state index contributed by atoms with van der Waals surface area (Å²) in [6.45, 7) is 1.89. The molecule has 5 heteroatoms. The second-order valence-electron chi connectivity index (χ2n) is 4.51. The summed E-state index contributed by atoms with van der Waals surface area (Å²) in [5.41, 5.74) is 5.90. The van der Waals surface area contributed by atoms with Crippen molar-refractivity contribution in [2.45, 2.75) is 18.4 Å². The molecule has 0 aliphatic carbocycles. The summed E-state index contributed by atoms with van der Waals surface area (Å²) in [7, 11) is 0. The molecule has 1 aromatic rings. The summed E-state index contributed by atoms with van der Waals surface area (Å²) < 4.78 is 0. The second kappa shape index (κ2) is 5.02. The van der Waals surface area contributed by atoms with Gasteiger partial charge in [0.25, 0.3) is 0 Å². The quantitative estimate of drug-likeness (QED) is 0.870. The SMILES string of the molecule is NCC1(O)CCN(c2ccc(Cl)c(Cl)c2)CC1. The van der Waals surface area contributed by atoms with Crippen LogP contribution in [-0.2, 0) is 0 Å². The van der Waals surface area contributed by atoms with E-state index in [0.717, 1.165) is 18.8 Å². The maximum Gasteiger partial charge on any atom is 0.0803 e. The molecule has 1 aliphatic heterocycles. The number of halogens is 2. The fourth-order valence-corrected chi connectivity index (χ4v) is 2.36. The third kappa shape index (κ3) is 2.86. The molecule has 0 atom stereocenters. The van der Waals surface area contributed by atoms with Gasteiger partial charge >= 0.3 is 0 Å². The van der Waals surface area contributed by atoms with Crippen LogP contribution >= 0.6 is 23.2 Å². The van der Waals surface area contributed by atoms with Crippen LogP contribution in [-0.4, -0.2) is 30.3 Å². The van der Waals surface area contributed by atoms with Crippen LogP contribution in [0.3, 0.4) is 0 Å². The number of piperidine rings is 1. The number of anilines is 1. The lowest BCUT2D eigenvalue weighted by atomic mass is 9.91. The Balaban J connectivity index is 2.08. The topological polar surface area (TPSA) is 49.5 Å². The van der Waals surface area contributed by atoms with E-state index in [1.165, 1.54) is 0 Å². The highest BCUT2D eigenvalue weighted by atomic mass is 35.5. The van der Waals surface area contributed by atoms with Crippen LogP contribution in [0.1, 0.15) is 12.8 Å². The molecule has 1 aliphatic rings. The lowest BCUT2D eigenvalue weighted by Gasteiger charge is -2.38. The monoisotopic (exact) mass is 274 g/mol. The Labute approximate surface area is 111 Å². The summed E-state index contributed by atoms with van der Waals surface area (Å²) in [6, 6.07) is 5.60. The van der Waals surface area contributed by atoms with E-state index >= 15 is 0 Å². The Morgan fingerprint density at radius 1 is 1.24 bits per heavy atom. The summed E-state index contributed by atoms with van der Waals surface area (Å²) in [6.07, 6.45) is 1.37. The number of nitrogens with zero attached hydrogens (tertiary/aromatic N) is 1. The van der Waals surface area contributed by atoms with Crippen molar-refractivity contribution in [3.63, 3.8) is 0 Å². The van der Waals surface area contributed by atoms with Crippen LogP contribution in [0, 0.1) is 0 Å². The van der Waals surface area contributed by atoms with Gasteiger partial charge in [0.1, 0.15) is 0 Å². The van der Waals surface area contributed by atoms with E-state index < -0.39 is 5.60 Å². The molecule has 1 heterocycles. The first kappa shape index (κ1) is 13.0. The molecule has 0 amide bonds. The van der Waals surface area contributed by atoms with Crippen molar-refractivity contribution in [3.8, 4) is 0 Å². The zero-order valence-electron chi connectivity index (χ0n) is 9.50. The molecule has 1 aromatic carbocycles. The van der Waals surface area contributed by atoms with E-state index in [1.807, 2.05) is 12.1 Å². The molecule has 1 saturated heterocycles. The van der Waals surface area contributed by atoms with Crippen LogP contribution in [0.4, 0.5) is 5.69 Å². The number of benzene rings is 1. The molecule has 3 N–H and O–H groups in total. The first-order valence-electron chi connectivity index (χ1n) is 5.66. The molecule has 0 saturated carbocycles. The van der Waals surface area contributed by atoms with E-state index in [0.29, 0.717) is 29.4 Å². The lowest BCUT2D eigenvalue weighted by Crippen LogP contribution is -2.48. The maximum absolute atomic E-state index is 10.0. The van der Waals surface area contributed by atoms with Crippen molar-refractivity contribution in [2.24, 2.45) is 5.73 Å². The Bertz CT molecular complexity index is 403. The molecular formula is C12H16Cl2N2O. The van der Waals surface area contributed by atoms with Crippen LogP contribution in [0.2, 0.25) is 10.0 Å². The van der Waals surface area contributed by atoms with Gasteiger partial charge < -0.3 is 15.7 Å². The minimum Gasteiger partial charge on any atom is -0.388 e. The summed E-state index contributed by atoms with van der Waals surface area (Å²) in [5.74, 6) is 0. The van der Waals surface area contributed by atoms with Crippen molar-refractivity contribution in [1.82, 2.24) is 0 Å². The van der Waals surface area contributed by atoms with Crippen LogP contribution in [0.5, 0.6) is 0 Å². The minimum atomic E-state index is -0.702. The molecule has 0 spiro atoms. The molecular weight excluding hydrogens is 259 g/mol. The van der Waals surface area contributed by atoms with E-state index in [-0.39, 0.29) is 0 Å². The molecule has 3 nitrogen and oxygen atoms in total. The second-order valence-corrected chi connectivity index (χ2v) is 5.33. The third-order valence-electron chi connectivity index (χ3n) is 3.34. The molecule has 2 rings (SSSR count). The van der Waals surface area contributed by atoms with Crippen molar-refractivity contribution in [3.05, 3.63) is 28.2 Å². The molecule has 0 bridgehead atoms. The zero-order valence-corrected chi connectivity index (χ0v) is 11.0. The van der Waals surface area contributed by atoms with Gasteiger partial charge in [0.05, 0.1) is 15.6 Å². The van der Waals surface area contributed by atoms with Gasteiger partial charge in [-0.05, 0) is 31.0 Å². The van der Waals surface area contributed by atoms with E-state index in [9.17, 15) is 5.11 Å². The van der Waals surface area contributed by atoms with Gasteiger partial charge in [-0.25, -0.2) is 0 Å². The predicted molar refractivity (Wildman–Crippen MR) is 71.9 cm³/mol. The molecule has 17 heavy (non-hydrogen) atoms. The van der Waals surface area contributed by atoms with Gasteiger partial charge in [-0.15, -0.1) is 0 Å². The highest BCUT2D eigenvalue weighted by Gasteiger charge is 2.30. The van der Waals surface area contributed by atoms with E-state index in [4.69, 9.17) is 28.9 Å². The van der Waals surface area contributed by atoms with Crippen molar-refractivity contribution in [2.75, 3.05) is 24.5 Å². The molecule has 0 aromatic heterocycles. The maximum atomic E-state index is 10.0. The Morgan fingerprint density at radius 3 is 2.41 bits per heavy atom. The Morgan fingerprint density at radius 2 is 1.88 bits per heavy atom. The first-order valence-corrected chi connectivity index (χ1v) is 6.42. The highest BCUT2D eigenvalue weighted by Crippen LogP contribution is 2.30. The lowest BCUT2D eigenvalue weighted by molar-refractivity contribution is 0.0250. The normalized spacial score (nSPS) is 19.4. The van der Waals surface area contributed by atoms with Crippen molar-refractivity contribution < 1.29 is 5.11 Å². The zero-order chi connectivity index (χ0) is 12.5. The largest absolute Gasteiger partial charge is 0.388 e. The van der Waals surface area contributed by atoms with Crippen molar-refractivity contribution >= 4 is 28.9 Å². The fourth-order valence-electron chi connectivity index (χ4n) is 2.07. The highest BCUT2D eigenvalue weighted by molar-refractivity contribution is 6.42. The third-order valence-corrected chi connectivity index (χ3v) is 4.08. The number of rotatable bonds is 2. The molecule has 94 valence electrons. The van der Waals surface area contributed by atoms with Gasteiger partial charge in [0, 0.05) is 25.3 Å². The predicted octanol–water partition coefficient (Wildman–Crippen LogP) is 2.28. The number of nitrogens with two attached hydrogens (primary N) is 1. The molecule has 1 fully saturated rings. The number of aliphatic hydroxyl groups is 1. The van der Waals surface area contributed by atoms with Gasteiger partial charge in [-0.2, -0.15) is 0 Å². The molecule has 0 unspecified atom stereocenters. The first-order chi connectivity index (χ1) is 8.04. The van der Waals surface area contributed by atoms with E-state index in [1.54, 1.807) is 6.07 Å². The number of hydrogen-bond acceptors (Lipinski definition) is 3. The van der Waals surface area contributed by atoms with Gasteiger partial charge in [0.15, 0.2) is 0 Å². The minimum absolute atomic E-state index is 0.322. The van der Waals surface area contributed by atoms with Crippen LogP contribution in [0.25, 0.3) is 0 Å². The Hall–Kier alpha value is -0.480. The number of hydrogen-bond donors (Lipinski definition) is 2. The standard InChI is InChI=1S/C12H16Cl2N2O/c13-10-2-1-9(7-11(10)14)16-5-3-12(17,8-15)4-6-16/h1-2,7,17H,3-6,8,15H2. The van der Waals surface area contributed by atoms with Crippen LogP contribution < -0.4 is 10.6 Å². The summed E-state index contributed by atoms with van der Waals surface area (Å²) in [5, 5.41) is 11.2. The van der Waals surface area contributed by atoms with Gasteiger partial charge in [-0.1, -0.05) is 23.2 Å². The van der Waals surface area contributed by atoms with Gasteiger partial charge in [0.2, 0.25) is 0 Å². The smallest absolute Gasteiger partial charge is 0.0803 e.